The maximum atomic E-state index is 13.1. The number of rotatable bonds is 6. The van der Waals surface area contributed by atoms with Gasteiger partial charge in [-0.05, 0) is 37.5 Å². The van der Waals surface area contributed by atoms with Crippen molar-refractivity contribution in [1.29, 1.82) is 5.26 Å². The zero-order chi connectivity index (χ0) is 21.8. The molecule has 0 aliphatic heterocycles. The molecule has 4 rings (SSSR count). The van der Waals surface area contributed by atoms with E-state index in [1.165, 1.54) is 6.42 Å². The first-order chi connectivity index (χ1) is 15.1. The van der Waals surface area contributed by atoms with Crippen LogP contribution >= 0.6 is 0 Å². The number of carbonyl (C=O) groups is 1. The highest BCUT2D eigenvalue weighted by Crippen LogP contribution is 2.32. The fourth-order valence-electron chi connectivity index (χ4n) is 4.03. The number of carbonyl (C=O) groups excluding carboxylic acids is 1. The van der Waals surface area contributed by atoms with Crippen LogP contribution in [0.15, 0.2) is 35.0 Å². The van der Waals surface area contributed by atoms with Gasteiger partial charge in [0, 0.05) is 19.6 Å². The fourth-order valence-corrected chi connectivity index (χ4v) is 4.03. The van der Waals surface area contributed by atoms with Gasteiger partial charge in [-0.2, -0.15) is 10.4 Å². The van der Waals surface area contributed by atoms with Crippen molar-refractivity contribution in [2.24, 2.45) is 7.05 Å². The van der Waals surface area contributed by atoms with Crippen LogP contribution in [0.4, 0.5) is 5.82 Å². The van der Waals surface area contributed by atoms with Gasteiger partial charge in [0.15, 0.2) is 0 Å². The highest BCUT2D eigenvalue weighted by molar-refractivity contribution is 6.02. The van der Waals surface area contributed by atoms with Crippen LogP contribution in [0.5, 0.6) is 0 Å². The van der Waals surface area contributed by atoms with Crippen LogP contribution in [0.3, 0.4) is 0 Å². The lowest BCUT2D eigenvalue weighted by Crippen LogP contribution is -2.36. The van der Waals surface area contributed by atoms with E-state index in [0.29, 0.717) is 34.7 Å². The molecule has 1 fully saturated rings. The van der Waals surface area contributed by atoms with Gasteiger partial charge in [0.1, 0.15) is 22.8 Å². The molecule has 8 heteroatoms. The second-order valence-corrected chi connectivity index (χ2v) is 7.96. The summed E-state index contributed by atoms with van der Waals surface area (Å²) in [5, 5.41) is 24.0. The van der Waals surface area contributed by atoms with Crippen LogP contribution in [0.2, 0.25) is 0 Å². The highest BCUT2D eigenvalue weighted by atomic mass is 16.5. The van der Waals surface area contributed by atoms with Crippen molar-refractivity contribution >= 4 is 11.7 Å². The van der Waals surface area contributed by atoms with Crippen molar-refractivity contribution < 1.29 is 9.32 Å². The van der Waals surface area contributed by atoms with Crippen molar-refractivity contribution in [3.8, 4) is 17.3 Å². The molecule has 1 aliphatic rings. The van der Waals surface area contributed by atoms with Gasteiger partial charge in [0.2, 0.25) is 0 Å². The number of anilines is 1. The van der Waals surface area contributed by atoms with Crippen LogP contribution < -0.4 is 10.6 Å². The molecule has 1 aromatic carbocycles. The predicted octanol–water partition coefficient (Wildman–Crippen LogP) is 3.93. The van der Waals surface area contributed by atoms with E-state index >= 15 is 0 Å². The molecule has 0 unspecified atom stereocenters. The Bertz CT molecular complexity index is 1100. The molecule has 3 aromatic rings. The summed E-state index contributed by atoms with van der Waals surface area (Å²) in [6.07, 6.45) is 7.23. The second-order valence-electron chi connectivity index (χ2n) is 7.96. The summed E-state index contributed by atoms with van der Waals surface area (Å²) in [6, 6.07) is 9.71. The van der Waals surface area contributed by atoms with Crippen molar-refractivity contribution in [2.45, 2.75) is 51.6 Å². The summed E-state index contributed by atoms with van der Waals surface area (Å²) in [5.74, 6) is 1.08. The molecule has 2 aromatic heterocycles. The van der Waals surface area contributed by atoms with E-state index in [2.05, 4.69) is 27.0 Å². The van der Waals surface area contributed by atoms with Gasteiger partial charge >= 0.3 is 0 Å². The standard InChI is InChI=1S/C23H26N6O2/c1-15-20(23(30)27-18-6-4-3-5-7-18)21(28-31-15)19-14-26-29(2)22(19)25-13-17-10-8-16(12-24)9-11-17/h8-11,14,18,25H,3-7,13H2,1-2H3,(H,27,30). The summed E-state index contributed by atoms with van der Waals surface area (Å²) in [6.45, 7) is 2.30. The number of hydrogen-bond donors (Lipinski definition) is 2. The van der Waals surface area contributed by atoms with Gasteiger partial charge in [0.05, 0.1) is 23.4 Å². The lowest BCUT2D eigenvalue weighted by molar-refractivity contribution is 0.0926. The zero-order valence-electron chi connectivity index (χ0n) is 17.8. The van der Waals surface area contributed by atoms with Crippen LogP contribution in [0, 0.1) is 18.3 Å². The van der Waals surface area contributed by atoms with Gasteiger partial charge in [0.25, 0.3) is 5.91 Å². The van der Waals surface area contributed by atoms with Crippen molar-refractivity contribution in [3.63, 3.8) is 0 Å². The molecular weight excluding hydrogens is 392 g/mol. The molecule has 8 nitrogen and oxygen atoms in total. The monoisotopic (exact) mass is 418 g/mol. The van der Waals surface area contributed by atoms with E-state index in [9.17, 15) is 4.79 Å². The number of nitrogens with zero attached hydrogens (tertiary/aromatic N) is 4. The molecule has 1 aliphatic carbocycles. The van der Waals surface area contributed by atoms with Gasteiger partial charge in [-0.15, -0.1) is 0 Å². The number of amides is 1. The predicted molar refractivity (Wildman–Crippen MR) is 116 cm³/mol. The van der Waals surface area contributed by atoms with Gasteiger partial charge < -0.3 is 15.2 Å². The molecule has 0 atom stereocenters. The molecule has 0 saturated heterocycles. The Morgan fingerprint density at radius 3 is 2.71 bits per heavy atom. The average molecular weight is 419 g/mol. The Kier molecular flexibility index (Phi) is 6.03. The van der Waals surface area contributed by atoms with Crippen molar-refractivity contribution in [2.75, 3.05) is 5.32 Å². The fraction of sp³-hybridized carbons (Fsp3) is 0.391. The van der Waals surface area contributed by atoms with Crippen molar-refractivity contribution in [3.05, 3.63) is 52.9 Å². The SMILES string of the molecule is Cc1onc(-c2cnn(C)c2NCc2ccc(C#N)cc2)c1C(=O)NC1CCCCC1. The van der Waals surface area contributed by atoms with Gasteiger partial charge in [-0.1, -0.05) is 36.6 Å². The third-order valence-electron chi connectivity index (χ3n) is 5.77. The van der Waals surface area contributed by atoms with Gasteiger partial charge in [-0.25, -0.2) is 0 Å². The van der Waals surface area contributed by atoms with E-state index in [1.807, 2.05) is 19.2 Å². The molecule has 0 radical (unpaired) electrons. The van der Waals surface area contributed by atoms with E-state index in [-0.39, 0.29) is 11.9 Å². The summed E-state index contributed by atoms with van der Waals surface area (Å²) in [4.78, 5) is 13.1. The molecule has 2 N–H and O–H groups in total. The number of nitrogens with one attached hydrogen (secondary N) is 2. The molecule has 2 heterocycles. The number of aryl methyl sites for hydroxylation is 2. The molecule has 0 spiro atoms. The lowest BCUT2D eigenvalue weighted by atomic mass is 9.95. The third kappa shape index (κ3) is 4.45. The maximum absolute atomic E-state index is 13.1. The summed E-state index contributed by atoms with van der Waals surface area (Å²) in [5.41, 5.74) is 3.30. The molecule has 0 bridgehead atoms. The number of aromatic nitrogens is 3. The first-order valence-electron chi connectivity index (χ1n) is 10.6. The Morgan fingerprint density at radius 2 is 2.00 bits per heavy atom. The van der Waals surface area contributed by atoms with E-state index in [0.717, 1.165) is 37.1 Å². The Labute approximate surface area is 181 Å². The van der Waals surface area contributed by atoms with Crippen LogP contribution in [0.1, 0.15) is 59.3 Å². The number of nitriles is 1. The Morgan fingerprint density at radius 1 is 1.26 bits per heavy atom. The molecule has 31 heavy (non-hydrogen) atoms. The van der Waals surface area contributed by atoms with E-state index in [1.54, 1.807) is 29.9 Å². The van der Waals surface area contributed by atoms with Crippen LogP contribution in [-0.4, -0.2) is 26.9 Å². The number of benzene rings is 1. The lowest BCUT2D eigenvalue weighted by Gasteiger charge is -2.22. The quantitative estimate of drug-likeness (QED) is 0.628. The normalized spacial score (nSPS) is 14.2. The van der Waals surface area contributed by atoms with E-state index < -0.39 is 0 Å². The molecule has 1 saturated carbocycles. The van der Waals surface area contributed by atoms with E-state index in [4.69, 9.17) is 9.78 Å². The average Bonchev–Trinajstić information content (AvgIpc) is 3.35. The molecule has 160 valence electrons. The highest BCUT2D eigenvalue weighted by Gasteiger charge is 2.27. The smallest absolute Gasteiger partial charge is 0.257 e. The minimum Gasteiger partial charge on any atom is -0.366 e. The Hall–Kier alpha value is -3.60. The van der Waals surface area contributed by atoms with Crippen LogP contribution in [-0.2, 0) is 13.6 Å². The summed E-state index contributed by atoms with van der Waals surface area (Å²) < 4.78 is 7.12. The molecule has 1 amide bonds. The Balaban J connectivity index is 1.56. The van der Waals surface area contributed by atoms with Gasteiger partial charge in [-0.3, -0.25) is 9.48 Å². The third-order valence-corrected chi connectivity index (χ3v) is 5.77. The zero-order valence-corrected chi connectivity index (χ0v) is 17.8. The first kappa shape index (κ1) is 20.7. The summed E-state index contributed by atoms with van der Waals surface area (Å²) >= 11 is 0. The minimum absolute atomic E-state index is 0.150. The maximum Gasteiger partial charge on any atom is 0.257 e. The first-order valence-corrected chi connectivity index (χ1v) is 10.6. The second kappa shape index (κ2) is 9.04. The summed E-state index contributed by atoms with van der Waals surface area (Å²) in [7, 11) is 1.83. The molecular formula is C23H26N6O2. The minimum atomic E-state index is -0.150. The largest absolute Gasteiger partial charge is 0.366 e. The topological polar surface area (TPSA) is 109 Å². The number of hydrogen-bond acceptors (Lipinski definition) is 6. The van der Waals surface area contributed by atoms with Crippen molar-refractivity contribution in [1.82, 2.24) is 20.3 Å². The van der Waals surface area contributed by atoms with Crippen LogP contribution in [0.25, 0.3) is 11.3 Å².